The molecule has 1 heterocycles. The molecular formula is C6H11NO2S. The summed E-state index contributed by atoms with van der Waals surface area (Å²) in [6.45, 7) is 2.05. The van der Waals surface area contributed by atoms with Crippen molar-refractivity contribution in [2.24, 2.45) is 0 Å². The van der Waals surface area contributed by atoms with E-state index >= 15 is 0 Å². The smallest absolute Gasteiger partial charge is 0.321 e. The molecular weight excluding hydrogens is 150 g/mol. The maximum absolute atomic E-state index is 10.4. The van der Waals surface area contributed by atoms with Crippen LogP contribution in [0.4, 0.5) is 0 Å². The van der Waals surface area contributed by atoms with Crippen LogP contribution in [-0.4, -0.2) is 28.2 Å². The SMILES string of the molecule is CCC1NC(C(=O)O)CS1. The normalized spacial score (nSPS) is 32.5. The van der Waals surface area contributed by atoms with Crippen LogP contribution in [0.15, 0.2) is 0 Å². The summed E-state index contributed by atoms with van der Waals surface area (Å²) < 4.78 is 0. The Morgan fingerprint density at radius 3 is 2.90 bits per heavy atom. The minimum atomic E-state index is -0.733. The van der Waals surface area contributed by atoms with Gasteiger partial charge in [0, 0.05) is 5.75 Å². The first-order valence-electron chi connectivity index (χ1n) is 3.34. The van der Waals surface area contributed by atoms with Crippen LogP contribution in [0.1, 0.15) is 13.3 Å². The van der Waals surface area contributed by atoms with Gasteiger partial charge in [-0.15, -0.1) is 11.8 Å². The van der Waals surface area contributed by atoms with Crippen LogP contribution in [0.2, 0.25) is 0 Å². The lowest BCUT2D eigenvalue weighted by molar-refractivity contribution is -0.138. The van der Waals surface area contributed by atoms with E-state index in [-0.39, 0.29) is 6.04 Å². The van der Waals surface area contributed by atoms with Gasteiger partial charge in [0.1, 0.15) is 6.04 Å². The van der Waals surface area contributed by atoms with Gasteiger partial charge in [0.15, 0.2) is 0 Å². The Hall–Kier alpha value is -0.220. The molecule has 4 heteroatoms. The zero-order chi connectivity index (χ0) is 7.56. The maximum atomic E-state index is 10.4. The third-order valence-electron chi connectivity index (χ3n) is 1.52. The average molecular weight is 161 g/mol. The third-order valence-corrected chi connectivity index (χ3v) is 2.92. The van der Waals surface area contributed by atoms with Gasteiger partial charge in [-0.1, -0.05) is 6.92 Å². The summed E-state index contributed by atoms with van der Waals surface area (Å²) >= 11 is 1.69. The van der Waals surface area contributed by atoms with Crippen LogP contribution in [0, 0.1) is 0 Å². The van der Waals surface area contributed by atoms with Crippen LogP contribution < -0.4 is 5.32 Å². The zero-order valence-electron chi connectivity index (χ0n) is 5.83. The highest BCUT2D eigenvalue weighted by atomic mass is 32.2. The number of hydrogen-bond donors (Lipinski definition) is 2. The van der Waals surface area contributed by atoms with E-state index in [0.29, 0.717) is 11.1 Å². The molecule has 2 atom stereocenters. The predicted octanol–water partition coefficient (Wildman–Crippen LogP) is 0.512. The molecule has 0 amide bonds. The Labute approximate surface area is 64.2 Å². The molecule has 1 rings (SSSR count). The lowest BCUT2D eigenvalue weighted by Gasteiger charge is -2.06. The average Bonchev–Trinajstić information content (AvgIpc) is 2.34. The topological polar surface area (TPSA) is 49.3 Å². The van der Waals surface area contributed by atoms with Crippen molar-refractivity contribution in [2.75, 3.05) is 5.75 Å². The Kier molecular flexibility index (Phi) is 2.56. The van der Waals surface area contributed by atoms with Crippen LogP contribution in [0.3, 0.4) is 0 Å². The van der Waals surface area contributed by atoms with Crippen molar-refractivity contribution in [3.05, 3.63) is 0 Å². The minimum absolute atomic E-state index is 0.324. The van der Waals surface area contributed by atoms with Crippen molar-refractivity contribution < 1.29 is 9.90 Å². The fourth-order valence-electron chi connectivity index (χ4n) is 0.911. The van der Waals surface area contributed by atoms with Gasteiger partial charge >= 0.3 is 5.97 Å². The fraction of sp³-hybridized carbons (Fsp3) is 0.833. The summed E-state index contributed by atoms with van der Waals surface area (Å²) in [5, 5.41) is 11.9. The lowest BCUT2D eigenvalue weighted by Crippen LogP contribution is -2.36. The summed E-state index contributed by atoms with van der Waals surface area (Å²) in [4.78, 5) is 10.4. The van der Waals surface area contributed by atoms with Crippen LogP contribution in [-0.2, 0) is 4.79 Å². The Morgan fingerprint density at radius 2 is 2.60 bits per heavy atom. The van der Waals surface area contributed by atoms with Crippen LogP contribution in [0.5, 0.6) is 0 Å². The van der Waals surface area contributed by atoms with Gasteiger partial charge in [-0.05, 0) is 6.42 Å². The highest BCUT2D eigenvalue weighted by molar-refractivity contribution is 8.00. The van der Waals surface area contributed by atoms with Crippen molar-refractivity contribution in [1.29, 1.82) is 0 Å². The number of hydrogen-bond acceptors (Lipinski definition) is 3. The number of nitrogens with one attached hydrogen (secondary N) is 1. The van der Waals surface area contributed by atoms with Gasteiger partial charge < -0.3 is 5.11 Å². The first-order valence-corrected chi connectivity index (χ1v) is 4.39. The molecule has 58 valence electrons. The highest BCUT2D eigenvalue weighted by Gasteiger charge is 2.27. The zero-order valence-corrected chi connectivity index (χ0v) is 6.65. The second kappa shape index (κ2) is 3.25. The van der Waals surface area contributed by atoms with E-state index in [9.17, 15) is 4.79 Å². The van der Waals surface area contributed by atoms with Crippen LogP contribution in [0.25, 0.3) is 0 Å². The van der Waals surface area contributed by atoms with E-state index in [0.717, 1.165) is 6.42 Å². The van der Waals surface area contributed by atoms with E-state index in [1.165, 1.54) is 0 Å². The second-order valence-corrected chi connectivity index (χ2v) is 3.52. The number of thioether (sulfide) groups is 1. The van der Waals surface area contributed by atoms with Gasteiger partial charge in [-0.25, -0.2) is 0 Å². The van der Waals surface area contributed by atoms with E-state index in [1.807, 2.05) is 0 Å². The van der Waals surface area contributed by atoms with Gasteiger partial charge in [0.05, 0.1) is 5.37 Å². The van der Waals surface area contributed by atoms with Gasteiger partial charge in [0.2, 0.25) is 0 Å². The quantitative estimate of drug-likeness (QED) is 0.619. The lowest BCUT2D eigenvalue weighted by atomic mass is 10.3. The van der Waals surface area contributed by atoms with Gasteiger partial charge in [-0.3, -0.25) is 10.1 Å². The van der Waals surface area contributed by atoms with Gasteiger partial charge in [-0.2, -0.15) is 0 Å². The molecule has 0 bridgehead atoms. The molecule has 1 fully saturated rings. The van der Waals surface area contributed by atoms with Crippen molar-refractivity contribution >= 4 is 17.7 Å². The molecule has 0 aromatic heterocycles. The van der Waals surface area contributed by atoms with Crippen molar-refractivity contribution in [3.8, 4) is 0 Å². The number of aliphatic carboxylic acids is 1. The molecule has 3 nitrogen and oxygen atoms in total. The summed E-state index contributed by atoms with van der Waals surface area (Å²) in [5.41, 5.74) is 0. The molecule has 1 aliphatic rings. The van der Waals surface area contributed by atoms with Crippen molar-refractivity contribution in [3.63, 3.8) is 0 Å². The molecule has 0 aromatic rings. The molecule has 0 spiro atoms. The molecule has 2 unspecified atom stereocenters. The maximum Gasteiger partial charge on any atom is 0.321 e. The van der Waals surface area contributed by atoms with Crippen LogP contribution >= 0.6 is 11.8 Å². The summed E-state index contributed by atoms with van der Waals surface area (Å²) in [7, 11) is 0. The molecule has 0 aromatic carbocycles. The molecule has 0 saturated carbocycles. The highest BCUT2D eigenvalue weighted by Crippen LogP contribution is 2.20. The van der Waals surface area contributed by atoms with E-state index in [4.69, 9.17) is 5.11 Å². The molecule has 2 N–H and O–H groups in total. The summed E-state index contributed by atoms with van der Waals surface area (Å²) in [6, 6.07) is -0.324. The van der Waals surface area contributed by atoms with E-state index in [2.05, 4.69) is 12.2 Å². The predicted molar refractivity (Wildman–Crippen MR) is 41.1 cm³/mol. The Bertz CT molecular complexity index is 140. The third kappa shape index (κ3) is 1.64. The monoisotopic (exact) mass is 161 g/mol. The Morgan fingerprint density at radius 1 is 1.90 bits per heavy atom. The van der Waals surface area contributed by atoms with E-state index < -0.39 is 5.97 Å². The molecule has 0 aliphatic carbocycles. The van der Waals surface area contributed by atoms with Crippen molar-refractivity contribution in [2.45, 2.75) is 24.8 Å². The molecule has 0 radical (unpaired) electrons. The van der Waals surface area contributed by atoms with E-state index in [1.54, 1.807) is 11.8 Å². The number of carboxylic acid groups (broad SMARTS) is 1. The Balaban J connectivity index is 2.35. The summed E-state index contributed by atoms with van der Waals surface area (Å²) in [6.07, 6.45) is 0.994. The standard InChI is InChI=1S/C6H11NO2S/c1-2-5-7-4(3-10-5)6(8)9/h4-5,7H,2-3H2,1H3,(H,8,9). The first kappa shape index (κ1) is 7.88. The second-order valence-electron chi connectivity index (χ2n) is 2.29. The fourth-order valence-corrected chi connectivity index (χ4v) is 2.07. The number of carbonyl (C=O) groups is 1. The first-order chi connectivity index (χ1) is 4.74. The number of carboxylic acids is 1. The number of rotatable bonds is 2. The van der Waals surface area contributed by atoms with Gasteiger partial charge in [0.25, 0.3) is 0 Å². The van der Waals surface area contributed by atoms with Crippen molar-refractivity contribution in [1.82, 2.24) is 5.32 Å². The largest absolute Gasteiger partial charge is 0.480 e. The summed E-state index contributed by atoms with van der Waals surface area (Å²) in [5.74, 6) is -0.0307. The minimum Gasteiger partial charge on any atom is -0.480 e. The molecule has 1 saturated heterocycles. The molecule has 10 heavy (non-hydrogen) atoms. The molecule has 1 aliphatic heterocycles.